The van der Waals surface area contributed by atoms with E-state index < -0.39 is 18.0 Å². The van der Waals surface area contributed by atoms with Gasteiger partial charge in [-0.15, -0.1) is 0 Å². The van der Waals surface area contributed by atoms with Crippen molar-refractivity contribution >= 4 is 22.8 Å². The standard InChI is InChI=1S/C24H26N4O4/c1-3-12-27-32-23(30)11-10-22(29)31-15(2)17-6-8-20(25-13-17)18-7-9-21-19(14-26-28-21)24(18)16-4-5-16/h6-11,13-16,27H,3-5,12H2,1-2H3,(H,26,28)/b11-10-. The summed E-state index contributed by atoms with van der Waals surface area (Å²) in [5.74, 6) is -0.742. The molecule has 2 N–H and O–H groups in total. The summed E-state index contributed by atoms with van der Waals surface area (Å²) in [6, 6.07) is 7.96. The van der Waals surface area contributed by atoms with E-state index in [1.54, 1.807) is 13.1 Å². The predicted octanol–water partition coefficient (Wildman–Crippen LogP) is 4.12. The van der Waals surface area contributed by atoms with E-state index in [1.165, 1.54) is 18.4 Å². The zero-order valence-corrected chi connectivity index (χ0v) is 18.1. The van der Waals surface area contributed by atoms with Crippen LogP contribution in [0.5, 0.6) is 0 Å². The smallest absolute Gasteiger partial charge is 0.349 e. The van der Waals surface area contributed by atoms with Crippen molar-refractivity contribution in [2.75, 3.05) is 6.54 Å². The van der Waals surface area contributed by atoms with Crippen molar-refractivity contribution in [2.45, 2.75) is 45.1 Å². The van der Waals surface area contributed by atoms with E-state index in [9.17, 15) is 9.59 Å². The number of rotatable bonds is 9. The molecule has 1 aromatic carbocycles. The van der Waals surface area contributed by atoms with Gasteiger partial charge in [-0.25, -0.2) is 9.59 Å². The normalized spacial score (nSPS) is 14.6. The summed E-state index contributed by atoms with van der Waals surface area (Å²) in [5, 5.41) is 8.37. The molecule has 3 aromatic rings. The van der Waals surface area contributed by atoms with Crippen LogP contribution >= 0.6 is 0 Å². The summed E-state index contributed by atoms with van der Waals surface area (Å²) < 4.78 is 5.37. The summed E-state index contributed by atoms with van der Waals surface area (Å²) in [7, 11) is 0. The molecule has 0 spiro atoms. The minimum atomic E-state index is -0.657. The highest BCUT2D eigenvalue weighted by Gasteiger charge is 2.29. The number of carbonyl (C=O) groups excluding carboxylic acids is 2. The Labute approximate surface area is 186 Å². The Morgan fingerprint density at radius 1 is 1.19 bits per heavy atom. The van der Waals surface area contributed by atoms with Crippen molar-refractivity contribution in [1.82, 2.24) is 20.7 Å². The van der Waals surface area contributed by atoms with Crippen molar-refractivity contribution in [3.05, 3.63) is 59.9 Å². The summed E-state index contributed by atoms with van der Waals surface area (Å²) in [6.07, 6.45) is 8.35. The SMILES string of the molecule is CCCNOC(=O)/C=C\C(=O)OC(C)c1ccc(-c2ccc3[nH]ncc3c2C2CC2)nc1. The van der Waals surface area contributed by atoms with E-state index in [0.717, 1.165) is 46.3 Å². The number of pyridine rings is 1. The second kappa shape index (κ2) is 9.74. The predicted molar refractivity (Wildman–Crippen MR) is 119 cm³/mol. The van der Waals surface area contributed by atoms with Gasteiger partial charge in [-0.05, 0) is 49.8 Å². The first-order chi connectivity index (χ1) is 15.6. The monoisotopic (exact) mass is 434 g/mol. The minimum Gasteiger partial charge on any atom is -0.455 e. The number of nitrogens with one attached hydrogen (secondary N) is 2. The molecule has 0 amide bonds. The zero-order valence-electron chi connectivity index (χ0n) is 18.1. The fraction of sp³-hybridized carbons (Fsp3) is 0.333. The average Bonchev–Trinajstić information content (AvgIpc) is 3.53. The molecule has 1 aliphatic carbocycles. The van der Waals surface area contributed by atoms with Gasteiger partial charge in [0.25, 0.3) is 0 Å². The lowest BCUT2D eigenvalue weighted by Crippen LogP contribution is -2.19. The number of H-pyrrole nitrogens is 1. The van der Waals surface area contributed by atoms with Gasteiger partial charge in [0.15, 0.2) is 0 Å². The number of ether oxygens (including phenoxy) is 1. The summed E-state index contributed by atoms with van der Waals surface area (Å²) in [4.78, 5) is 32.9. The van der Waals surface area contributed by atoms with Crippen molar-refractivity contribution < 1.29 is 19.2 Å². The van der Waals surface area contributed by atoms with Crippen LogP contribution in [0.4, 0.5) is 0 Å². The van der Waals surface area contributed by atoms with Crippen LogP contribution in [0.25, 0.3) is 22.2 Å². The topological polar surface area (TPSA) is 106 Å². The van der Waals surface area contributed by atoms with Gasteiger partial charge in [0.2, 0.25) is 0 Å². The van der Waals surface area contributed by atoms with E-state index >= 15 is 0 Å². The first kappa shape index (κ1) is 21.7. The molecule has 8 heteroatoms. The number of fused-ring (bicyclic) bond motifs is 1. The highest BCUT2D eigenvalue weighted by Crippen LogP contribution is 2.47. The van der Waals surface area contributed by atoms with E-state index in [1.807, 2.05) is 31.3 Å². The van der Waals surface area contributed by atoms with Crippen LogP contribution < -0.4 is 5.48 Å². The molecule has 8 nitrogen and oxygen atoms in total. The Balaban J connectivity index is 1.42. The summed E-state index contributed by atoms with van der Waals surface area (Å²) in [5.41, 5.74) is 7.57. The zero-order chi connectivity index (χ0) is 22.5. The molecule has 0 saturated heterocycles. The molecule has 0 bridgehead atoms. The number of hydrogen-bond acceptors (Lipinski definition) is 7. The Morgan fingerprint density at radius 3 is 2.72 bits per heavy atom. The van der Waals surface area contributed by atoms with E-state index in [2.05, 4.69) is 26.7 Å². The van der Waals surface area contributed by atoms with E-state index in [4.69, 9.17) is 9.57 Å². The number of carbonyl (C=O) groups is 2. The van der Waals surface area contributed by atoms with Gasteiger partial charge < -0.3 is 9.57 Å². The van der Waals surface area contributed by atoms with E-state index in [0.29, 0.717) is 12.5 Å². The third-order valence-electron chi connectivity index (χ3n) is 5.36. The van der Waals surface area contributed by atoms with Crippen LogP contribution in [0.15, 0.2) is 48.8 Å². The molecule has 1 unspecified atom stereocenters. The van der Waals surface area contributed by atoms with Gasteiger partial charge in [0.1, 0.15) is 6.10 Å². The van der Waals surface area contributed by atoms with Gasteiger partial charge in [-0.3, -0.25) is 10.1 Å². The number of nitrogens with zero attached hydrogens (tertiary/aromatic N) is 2. The Bertz CT molecular complexity index is 1130. The lowest BCUT2D eigenvalue weighted by atomic mass is 9.96. The molecule has 2 aromatic heterocycles. The highest BCUT2D eigenvalue weighted by atomic mass is 16.7. The molecule has 1 fully saturated rings. The average molecular weight is 434 g/mol. The van der Waals surface area contributed by atoms with Gasteiger partial charge in [0.05, 0.1) is 17.4 Å². The summed E-state index contributed by atoms with van der Waals surface area (Å²) >= 11 is 0. The lowest BCUT2D eigenvalue weighted by molar-refractivity contribution is -0.146. The molecule has 1 saturated carbocycles. The number of benzene rings is 1. The van der Waals surface area contributed by atoms with Gasteiger partial charge in [-0.2, -0.15) is 10.6 Å². The Hall–Kier alpha value is -3.52. The second-order valence-electron chi connectivity index (χ2n) is 7.84. The highest BCUT2D eigenvalue weighted by molar-refractivity contribution is 5.91. The number of aromatic nitrogens is 3. The number of hydrogen-bond donors (Lipinski definition) is 2. The van der Waals surface area contributed by atoms with Crippen LogP contribution in [0.2, 0.25) is 0 Å². The number of aromatic amines is 1. The van der Waals surface area contributed by atoms with Crippen LogP contribution in [0, 0.1) is 0 Å². The second-order valence-corrected chi connectivity index (χ2v) is 7.84. The Kier molecular flexibility index (Phi) is 6.61. The van der Waals surface area contributed by atoms with Crippen LogP contribution in [0.3, 0.4) is 0 Å². The largest absolute Gasteiger partial charge is 0.455 e. The van der Waals surface area contributed by atoms with Gasteiger partial charge in [-0.1, -0.05) is 19.1 Å². The molecule has 1 atom stereocenters. The van der Waals surface area contributed by atoms with Crippen molar-refractivity contribution in [3.8, 4) is 11.3 Å². The van der Waals surface area contributed by atoms with Crippen LogP contribution in [-0.4, -0.2) is 33.7 Å². The van der Waals surface area contributed by atoms with Crippen LogP contribution in [0.1, 0.15) is 56.3 Å². The lowest BCUT2D eigenvalue weighted by Gasteiger charge is -2.14. The molecule has 0 aliphatic heterocycles. The quantitative estimate of drug-likeness (QED) is 0.226. The molecule has 4 rings (SSSR count). The fourth-order valence-corrected chi connectivity index (χ4v) is 3.56. The van der Waals surface area contributed by atoms with Gasteiger partial charge >= 0.3 is 11.9 Å². The van der Waals surface area contributed by atoms with Crippen LogP contribution in [-0.2, 0) is 19.2 Å². The summed E-state index contributed by atoms with van der Waals surface area (Å²) in [6.45, 7) is 4.25. The number of hydroxylamine groups is 1. The minimum absolute atomic E-state index is 0.512. The third-order valence-corrected chi connectivity index (χ3v) is 5.36. The first-order valence-corrected chi connectivity index (χ1v) is 10.8. The molecular formula is C24H26N4O4. The maximum Gasteiger partial charge on any atom is 0.349 e. The first-order valence-electron chi connectivity index (χ1n) is 10.8. The fourth-order valence-electron chi connectivity index (χ4n) is 3.56. The molecule has 166 valence electrons. The molecule has 1 aliphatic rings. The molecule has 0 radical (unpaired) electrons. The third kappa shape index (κ3) is 5.03. The van der Waals surface area contributed by atoms with Crippen molar-refractivity contribution in [3.63, 3.8) is 0 Å². The van der Waals surface area contributed by atoms with E-state index in [-0.39, 0.29) is 0 Å². The maximum atomic E-state index is 12.0. The van der Waals surface area contributed by atoms with Crippen molar-refractivity contribution in [2.24, 2.45) is 0 Å². The molecule has 2 heterocycles. The molecular weight excluding hydrogens is 408 g/mol. The Morgan fingerprint density at radius 2 is 2.00 bits per heavy atom. The maximum absolute atomic E-state index is 12.0. The van der Waals surface area contributed by atoms with Crippen molar-refractivity contribution in [1.29, 1.82) is 0 Å². The number of esters is 1. The van der Waals surface area contributed by atoms with Gasteiger partial charge in [0, 0.05) is 41.4 Å². The molecule has 32 heavy (non-hydrogen) atoms.